The van der Waals surface area contributed by atoms with Crippen molar-refractivity contribution < 1.29 is 19.3 Å². The Bertz CT molecular complexity index is 1310. The molecule has 1 aliphatic rings. The number of benzene rings is 2. The number of nitro benzene ring substituents is 1. The van der Waals surface area contributed by atoms with Crippen molar-refractivity contribution in [1.82, 2.24) is 4.57 Å². The zero-order valence-electron chi connectivity index (χ0n) is 17.0. The van der Waals surface area contributed by atoms with E-state index in [4.69, 9.17) is 0 Å². The van der Waals surface area contributed by atoms with Crippen molar-refractivity contribution in [1.29, 1.82) is 0 Å². The van der Waals surface area contributed by atoms with Gasteiger partial charge in [0.2, 0.25) is 11.8 Å². The van der Waals surface area contributed by atoms with E-state index >= 15 is 0 Å². The molecule has 0 bridgehead atoms. The minimum atomic E-state index is -0.523. The number of hydrogen-bond donors (Lipinski definition) is 0. The zero-order chi connectivity index (χ0) is 22.8. The van der Waals surface area contributed by atoms with Crippen LogP contribution in [-0.4, -0.2) is 39.2 Å². The normalized spacial score (nSPS) is 14.5. The number of thioether (sulfide) groups is 1. The predicted octanol–water partition coefficient (Wildman–Crippen LogP) is 3.37. The first-order valence-electron chi connectivity index (χ1n) is 9.70. The van der Waals surface area contributed by atoms with Crippen LogP contribution < -0.4 is 9.70 Å². The molecule has 1 aliphatic heterocycles. The number of aryl methyl sites for hydroxylation is 1. The predicted molar refractivity (Wildman–Crippen MR) is 123 cm³/mol. The lowest BCUT2D eigenvalue weighted by atomic mass is 10.2. The average molecular weight is 471 g/mol. The summed E-state index contributed by atoms with van der Waals surface area (Å²) < 4.78 is 2.53. The van der Waals surface area contributed by atoms with E-state index in [1.165, 1.54) is 29.5 Å². The highest BCUT2D eigenvalue weighted by Gasteiger charge is 2.30. The third-order valence-corrected chi connectivity index (χ3v) is 6.63. The smallest absolute Gasteiger partial charge is 0.279 e. The van der Waals surface area contributed by atoms with E-state index in [0.29, 0.717) is 21.7 Å². The highest BCUT2D eigenvalue weighted by Crippen LogP contribution is 2.25. The summed E-state index contributed by atoms with van der Waals surface area (Å²) in [6.07, 6.45) is 2.28. The Labute approximate surface area is 190 Å². The summed E-state index contributed by atoms with van der Waals surface area (Å²) in [5, 5.41) is 11.1. The van der Waals surface area contributed by atoms with Crippen LogP contribution in [0.5, 0.6) is 0 Å². The SMILES string of the molecule is CSCCn1c(=NC(=O)c2cccc(N3C(=O)CCC3=O)c2)sc2cc([N+](=O)[O-])ccc21. The number of non-ortho nitro benzene ring substituents is 1. The number of nitrogens with zero attached hydrogens (tertiary/aromatic N) is 4. The number of aromatic nitrogens is 1. The fourth-order valence-electron chi connectivity index (χ4n) is 3.45. The van der Waals surface area contributed by atoms with Gasteiger partial charge < -0.3 is 4.57 Å². The van der Waals surface area contributed by atoms with E-state index in [1.807, 2.05) is 10.8 Å². The molecule has 3 amide bonds. The van der Waals surface area contributed by atoms with Crippen LogP contribution in [0.4, 0.5) is 11.4 Å². The van der Waals surface area contributed by atoms with Crippen LogP contribution >= 0.6 is 23.1 Å². The molecule has 0 saturated carbocycles. The van der Waals surface area contributed by atoms with Gasteiger partial charge in [0.05, 0.1) is 20.8 Å². The van der Waals surface area contributed by atoms with Crippen molar-refractivity contribution in [3.63, 3.8) is 0 Å². The molecule has 4 rings (SSSR count). The van der Waals surface area contributed by atoms with Gasteiger partial charge in [-0.1, -0.05) is 17.4 Å². The molecule has 0 radical (unpaired) electrons. The van der Waals surface area contributed by atoms with Crippen molar-refractivity contribution >= 4 is 62.4 Å². The first-order valence-corrected chi connectivity index (χ1v) is 11.9. The highest BCUT2D eigenvalue weighted by atomic mass is 32.2. The van der Waals surface area contributed by atoms with Gasteiger partial charge in [0, 0.05) is 42.8 Å². The molecular formula is C21H18N4O5S2. The number of carbonyl (C=O) groups is 3. The Morgan fingerprint density at radius 1 is 1.19 bits per heavy atom. The fourth-order valence-corrected chi connectivity index (χ4v) is 4.91. The van der Waals surface area contributed by atoms with Crippen LogP contribution in [0.1, 0.15) is 23.2 Å². The molecule has 0 spiro atoms. The minimum Gasteiger partial charge on any atom is -0.315 e. The Morgan fingerprint density at radius 2 is 1.94 bits per heavy atom. The van der Waals surface area contributed by atoms with Gasteiger partial charge in [0.15, 0.2) is 4.80 Å². The number of nitro groups is 1. The van der Waals surface area contributed by atoms with Crippen LogP contribution in [-0.2, 0) is 16.1 Å². The molecule has 2 heterocycles. The van der Waals surface area contributed by atoms with Crippen LogP contribution in [0.15, 0.2) is 47.5 Å². The van der Waals surface area contributed by atoms with Gasteiger partial charge >= 0.3 is 0 Å². The van der Waals surface area contributed by atoms with E-state index in [2.05, 4.69) is 4.99 Å². The number of thiazole rings is 1. The van der Waals surface area contributed by atoms with Crippen molar-refractivity contribution in [3.05, 3.63) is 62.9 Å². The van der Waals surface area contributed by atoms with Gasteiger partial charge in [-0.15, -0.1) is 0 Å². The lowest BCUT2D eigenvalue weighted by molar-refractivity contribution is -0.384. The van der Waals surface area contributed by atoms with Crippen molar-refractivity contribution in [2.45, 2.75) is 19.4 Å². The molecule has 1 saturated heterocycles. The standard InChI is InChI=1S/C21H18N4O5S2/c1-31-10-9-23-16-6-5-15(25(29)30)12-17(16)32-21(23)22-20(28)13-3-2-4-14(11-13)24-18(26)7-8-19(24)27/h2-6,11-12H,7-10H2,1H3. The van der Waals surface area contributed by atoms with Crippen molar-refractivity contribution in [3.8, 4) is 0 Å². The number of imide groups is 1. The number of anilines is 1. The van der Waals surface area contributed by atoms with Crippen molar-refractivity contribution in [2.75, 3.05) is 16.9 Å². The van der Waals surface area contributed by atoms with Crippen molar-refractivity contribution in [2.24, 2.45) is 4.99 Å². The van der Waals surface area contributed by atoms with Gasteiger partial charge in [-0.2, -0.15) is 16.8 Å². The molecule has 11 heteroatoms. The monoisotopic (exact) mass is 470 g/mol. The summed E-state index contributed by atoms with van der Waals surface area (Å²) in [4.78, 5) is 53.5. The Kier molecular flexibility index (Phi) is 6.19. The van der Waals surface area contributed by atoms with Gasteiger partial charge in [-0.25, -0.2) is 0 Å². The lowest BCUT2D eigenvalue weighted by Crippen LogP contribution is -2.28. The maximum absolute atomic E-state index is 12.9. The first-order chi connectivity index (χ1) is 15.4. The third-order valence-electron chi connectivity index (χ3n) is 5.00. The van der Waals surface area contributed by atoms with Crippen LogP contribution in [0.2, 0.25) is 0 Å². The molecule has 9 nitrogen and oxygen atoms in total. The molecule has 3 aromatic rings. The van der Waals surface area contributed by atoms with Gasteiger partial charge in [-0.05, 0) is 30.5 Å². The molecule has 164 valence electrons. The fraction of sp³-hybridized carbons (Fsp3) is 0.238. The largest absolute Gasteiger partial charge is 0.315 e. The Balaban J connectivity index is 1.76. The van der Waals surface area contributed by atoms with E-state index in [0.717, 1.165) is 16.2 Å². The van der Waals surface area contributed by atoms with E-state index < -0.39 is 10.8 Å². The van der Waals surface area contributed by atoms with Crippen LogP contribution in [0.25, 0.3) is 10.2 Å². The van der Waals surface area contributed by atoms with Crippen LogP contribution in [0.3, 0.4) is 0 Å². The molecule has 2 aromatic carbocycles. The molecular weight excluding hydrogens is 452 g/mol. The number of amides is 3. The summed E-state index contributed by atoms with van der Waals surface area (Å²) in [5.74, 6) is -0.334. The molecule has 0 unspecified atom stereocenters. The summed E-state index contributed by atoms with van der Waals surface area (Å²) in [6, 6.07) is 10.8. The van der Waals surface area contributed by atoms with Crippen LogP contribution in [0, 0.1) is 10.1 Å². The quantitative estimate of drug-likeness (QED) is 0.310. The van der Waals surface area contributed by atoms with E-state index in [1.54, 1.807) is 36.0 Å². The summed E-state index contributed by atoms with van der Waals surface area (Å²) in [6.45, 7) is 0.585. The second kappa shape index (κ2) is 9.05. The third kappa shape index (κ3) is 4.21. The number of fused-ring (bicyclic) bond motifs is 1. The molecule has 0 aliphatic carbocycles. The number of carbonyl (C=O) groups excluding carboxylic acids is 3. The topological polar surface area (TPSA) is 115 Å². The summed E-state index contributed by atoms with van der Waals surface area (Å²) >= 11 is 2.84. The second-order valence-electron chi connectivity index (χ2n) is 7.03. The molecule has 1 aromatic heterocycles. The molecule has 0 N–H and O–H groups in total. The van der Waals surface area contributed by atoms with Gasteiger partial charge in [0.1, 0.15) is 0 Å². The average Bonchev–Trinajstić information content (AvgIpc) is 3.30. The highest BCUT2D eigenvalue weighted by molar-refractivity contribution is 7.98. The Morgan fingerprint density at radius 3 is 2.62 bits per heavy atom. The first kappa shape index (κ1) is 21.9. The number of hydrogen-bond acceptors (Lipinski definition) is 7. The maximum Gasteiger partial charge on any atom is 0.279 e. The van der Waals surface area contributed by atoms with Gasteiger partial charge in [-0.3, -0.25) is 29.4 Å². The summed E-state index contributed by atoms with van der Waals surface area (Å²) in [7, 11) is 0. The van der Waals surface area contributed by atoms with E-state index in [9.17, 15) is 24.5 Å². The summed E-state index contributed by atoms with van der Waals surface area (Å²) in [5.41, 5.74) is 1.33. The van der Waals surface area contributed by atoms with Gasteiger partial charge in [0.25, 0.3) is 11.6 Å². The molecule has 0 atom stereocenters. The molecule has 1 fully saturated rings. The Hall–Kier alpha value is -3.31. The minimum absolute atomic E-state index is 0.0266. The lowest BCUT2D eigenvalue weighted by Gasteiger charge is -2.14. The second-order valence-corrected chi connectivity index (χ2v) is 9.02. The zero-order valence-corrected chi connectivity index (χ0v) is 18.6. The molecule has 32 heavy (non-hydrogen) atoms. The maximum atomic E-state index is 12.9. The number of rotatable bonds is 6. The van der Waals surface area contributed by atoms with E-state index in [-0.39, 0.29) is 35.9 Å².